The maximum absolute atomic E-state index is 12.0. The topological polar surface area (TPSA) is 63.6 Å². The summed E-state index contributed by atoms with van der Waals surface area (Å²) >= 11 is 0. The molecule has 21 heavy (non-hydrogen) atoms. The highest BCUT2D eigenvalue weighted by molar-refractivity contribution is 5.75. The number of ether oxygens (including phenoxy) is 1. The number of hydrogen-bond acceptors (Lipinski definition) is 3. The Kier molecular flexibility index (Phi) is 3.78. The second-order valence-electron chi connectivity index (χ2n) is 5.83. The first-order valence-corrected chi connectivity index (χ1v) is 7.26. The molecule has 1 fully saturated rings. The summed E-state index contributed by atoms with van der Waals surface area (Å²) in [6.07, 6.45) is 5.08. The van der Waals surface area contributed by atoms with E-state index in [9.17, 15) is 14.7 Å². The van der Waals surface area contributed by atoms with Gasteiger partial charge in [-0.05, 0) is 29.7 Å². The molecule has 0 saturated heterocycles. The van der Waals surface area contributed by atoms with Crippen LogP contribution in [0.25, 0.3) is 0 Å². The average Bonchev–Trinajstić information content (AvgIpc) is 3.07. The van der Waals surface area contributed by atoms with Gasteiger partial charge in [-0.1, -0.05) is 42.5 Å². The number of aliphatic carboxylic acids is 1. The molecule has 0 heterocycles. The van der Waals surface area contributed by atoms with Gasteiger partial charge in [0, 0.05) is 6.42 Å². The first-order chi connectivity index (χ1) is 10.1. The van der Waals surface area contributed by atoms with Crippen molar-refractivity contribution in [2.45, 2.75) is 19.4 Å². The summed E-state index contributed by atoms with van der Waals surface area (Å²) in [5, 5.41) is 9.34. The molecule has 0 aliphatic heterocycles. The van der Waals surface area contributed by atoms with Gasteiger partial charge in [-0.2, -0.15) is 0 Å². The molecule has 2 bridgehead atoms. The van der Waals surface area contributed by atoms with Crippen LogP contribution in [0.1, 0.15) is 18.4 Å². The van der Waals surface area contributed by atoms with Crippen LogP contribution in [0, 0.1) is 23.7 Å². The lowest BCUT2D eigenvalue weighted by molar-refractivity contribution is -0.149. The molecule has 2 aliphatic rings. The molecule has 1 N–H and O–H groups in total. The van der Waals surface area contributed by atoms with Crippen molar-refractivity contribution in [1.82, 2.24) is 0 Å². The number of rotatable bonds is 5. The van der Waals surface area contributed by atoms with E-state index in [0.29, 0.717) is 0 Å². The summed E-state index contributed by atoms with van der Waals surface area (Å²) in [4.78, 5) is 23.4. The molecular weight excluding hydrogens is 268 g/mol. The summed E-state index contributed by atoms with van der Waals surface area (Å²) in [5.74, 6) is -1.38. The van der Waals surface area contributed by atoms with Gasteiger partial charge in [-0.25, -0.2) is 0 Å². The number of hydrogen-bond donors (Lipinski definition) is 1. The molecule has 4 unspecified atom stereocenters. The van der Waals surface area contributed by atoms with Crippen LogP contribution >= 0.6 is 0 Å². The van der Waals surface area contributed by atoms with Gasteiger partial charge in [0.15, 0.2) is 0 Å². The Bertz CT molecular complexity index is 563. The van der Waals surface area contributed by atoms with E-state index in [0.717, 1.165) is 12.0 Å². The zero-order valence-electron chi connectivity index (χ0n) is 11.6. The number of allylic oxidation sites excluding steroid dienone is 2. The quantitative estimate of drug-likeness (QED) is 0.667. The Balaban J connectivity index is 1.57. The first kappa shape index (κ1) is 13.9. The Morgan fingerprint density at radius 3 is 2.57 bits per heavy atom. The number of esters is 1. The van der Waals surface area contributed by atoms with Gasteiger partial charge in [0.25, 0.3) is 0 Å². The van der Waals surface area contributed by atoms with Gasteiger partial charge >= 0.3 is 11.9 Å². The van der Waals surface area contributed by atoms with Crippen molar-refractivity contribution in [2.75, 3.05) is 0 Å². The third kappa shape index (κ3) is 2.84. The number of carbonyl (C=O) groups is 2. The number of carboxylic acids is 1. The Hall–Kier alpha value is -2.10. The largest absolute Gasteiger partial charge is 0.481 e. The molecule has 1 saturated carbocycles. The molecule has 2 aliphatic carbocycles. The first-order valence-electron chi connectivity index (χ1n) is 7.26. The number of benzene rings is 1. The van der Waals surface area contributed by atoms with Gasteiger partial charge in [0.2, 0.25) is 0 Å². The Morgan fingerprint density at radius 1 is 1.14 bits per heavy atom. The predicted molar refractivity (Wildman–Crippen MR) is 76.2 cm³/mol. The zero-order valence-corrected chi connectivity index (χ0v) is 11.6. The molecule has 4 atom stereocenters. The van der Waals surface area contributed by atoms with Crippen LogP contribution in [0.2, 0.25) is 0 Å². The van der Waals surface area contributed by atoms with Crippen molar-refractivity contribution in [3.63, 3.8) is 0 Å². The number of fused-ring (bicyclic) bond motifs is 2. The van der Waals surface area contributed by atoms with E-state index in [4.69, 9.17) is 4.74 Å². The normalized spacial score (nSPS) is 29.5. The van der Waals surface area contributed by atoms with Crippen molar-refractivity contribution in [1.29, 1.82) is 0 Å². The van der Waals surface area contributed by atoms with Gasteiger partial charge in [0.05, 0.1) is 5.92 Å². The van der Waals surface area contributed by atoms with Crippen LogP contribution in [0.4, 0.5) is 0 Å². The van der Waals surface area contributed by atoms with Crippen LogP contribution in [-0.2, 0) is 20.9 Å². The monoisotopic (exact) mass is 286 g/mol. The van der Waals surface area contributed by atoms with Gasteiger partial charge in [-0.15, -0.1) is 0 Å². The van der Waals surface area contributed by atoms with Gasteiger partial charge < -0.3 is 9.84 Å². The van der Waals surface area contributed by atoms with E-state index in [2.05, 4.69) is 6.08 Å². The predicted octanol–water partition coefficient (Wildman–Crippen LogP) is 2.64. The van der Waals surface area contributed by atoms with Gasteiger partial charge in [0.1, 0.15) is 6.61 Å². The maximum atomic E-state index is 12.0. The molecule has 1 aromatic carbocycles. The van der Waals surface area contributed by atoms with E-state index in [1.54, 1.807) is 0 Å². The number of carboxylic acid groups (broad SMARTS) is 1. The maximum Gasteiger partial charge on any atom is 0.307 e. The average molecular weight is 286 g/mol. The molecular formula is C17H18O4. The lowest BCUT2D eigenvalue weighted by Gasteiger charge is -2.23. The van der Waals surface area contributed by atoms with Crippen molar-refractivity contribution >= 4 is 11.9 Å². The summed E-state index contributed by atoms with van der Waals surface area (Å²) < 4.78 is 5.27. The van der Waals surface area contributed by atoms with E-state index in [1.807, 2.05) is 36.4 Å². The van der Waals surface area contributed by atoms with Gasteiger partial charge in [-0.3, -0.25) is 9.59 Å². The van der Waals surface area contributed by atoms with Crippen molar-refractivity contribution in [3.05, 3.63) is 48.0 Å². The SMILES string of the molecule is O=C(CC1C2C=CC(C2)C1C(=O)O)OCc1ccccc1. The standard InChI is InChI=1S/C17H18O4/c18-15(21-10-11-4-2-1-3-5-11)9-14-12-6-7-13(8-12)16(14)17(19)20/h1-7,12-14,16H,8-10H2,(H,19,20). The van der Waals surface area contributed by atoms with E-state index in [-0.39, 0.29) is 36.8 Å². The second kappa shape index (κ2) is 5.72. The number of carbonyl (C=O) groups excluding carboxylic acids is 1. The molecule has 0 amide bonds. The van der Waals surface area contributed by atoms with Crippen molar-refractivity contribution < 1.29 is 19.4 Å². The molecule has 0 aromatic heterocycles. The van der Waals surface area contributed by atoms with Crippen LogP contribution < -0.4 is 0 Å². The Labute approximate surface area is 123 Å². The summed E-state index contributed by atoms with van der Waals surface area (Å²) in [5.41, 5.74) is 0.938. The highest BCUT2D eigenvalue weighted by Crippen LogP contribution is 2.49. The fourth-order valence-corrected chi connectivity index (χ4v) is 3.56. The summed E-state index contributed by atoms with van der Waals surface area (Å²) in [7, 11) is 0. The summed E-state index contributed by atoms with van der Waals surface area (Å²) in [6.45, 7) is 0.244. The third-order valence-electron chi connectivity index (χ3n) is 4.55. The summed E-state index contributed by atoms with van der Waals surface area (Å²) in [6, 6.07) is 9.49. The minimum atomic E-state index is -0.798. The lowest BCUT2D eigenvalue weighted by Crippen LogP contribution is -2.29. The van der Waals surface area contributed by atoms with Crippen LogP contribution in [0.3, 0.4) is 0 Å². The molecule has 0 spiro atoms. The second-order valence-corrected chi connectivity index (χ2v) is 5.83. The highest BCUT2D eigenvalue weighted by atomic mass is 16.5. The molecule has 110 valence electrons. The highest BCUT2D eigenvalue weighted by Gasteiger charge is 2.48. The zero-order chi connectivity index (χ0) is 14.8. The fraction of sp³-hybridized carbons (Fsp3) is 0.412. The molecule has 1 aromatic rings. The molecule has 4 nitrogen and oxygen atoms in total. The minimum absolute atomic E-state index is 0.0828. The molecule has 4 heteroatoms. The molecule has 0 radical (unpaired) electrons. The fourth-order valence-electron chi connectivity index (χ4n) is 3.56. The van der Waals surface area contributed by atoms with E-state index < -0.39 is 11.9 Å². The van der Waals surface area contributed by atoms with Crippen LogP contribution in [0.15, 0.2) is 42.5 Å². The minimum Gasteiger partial charge on any atom is -0.481 e. The molecule has 3 rings (SSSR count). The van der Waals surface area contributed by atoms with Crippen molar-refractivity contribution in [2.24, 2.45) is 23.7 Å². The van der Waals surface area contributed by atoms with Crippen LogP contribution in [0.5, 0.6) is 0 Å². The van der Waals surface area contributed by atoms with Crippen molar-refractivity contribution in [3.8, 4) is 0 Å². The van der Waals surface area contributed by atoms with E-state index >= 15 is 0 Å². The van der Waals surface area contributed by atoms with Crippen LogP contribution in [-0.4, -0.2) is 17.0 Å². The smallest absolute Gasteiger partial charge is 0.307 e. The van der Waals surface area contributed by atoms with E-state index in [1.165, 1.54) is 0 Å². The Morgan fingerprint density at radius 2 is 1.86 bits per heavy atom. The lowest BCUT2D eigenvalue weighted by atomic mass is 9.81. The third-order valence-corrected chi connectivity index (χ3v) is 4.55.